The molecule has 0 aliphatic heterocycles. The second-order valence-corrected chi connectivity index (χ2v) is 10.9. The zero-order valence-corrected chi connectivity index (χ0v) is 28.0. The number of hydrogen-bond acceptors (Lipinski definition) is 6. The van der Waals surface area contributed by atoms with Crippen molar-refractivity contribution in [2.45, 2.75) is 168 Å². The molecule has 0 saturated carbocycles. The summed E-state index contributed by atoms with van der Waals surface area (Å²) in [5.74, 6) is -2.86. The smallest absolute Gasteiger partial charge is 0.548 e. The van der Waals surface area contributed by atoms with Gasteiger partial charge in [-0.25, -0.2) is 0 Å². The molecule has 0 heterocycles. The van der Waals surface area contributed by atoms with Crippen molar-refractivity contribution in [1.29, 1.82) is 0 Å². The Labute approximate surface area is 267 Å². The van der Waals surface area contributed by atoms with Crippen LogP contribution in [0.1, 0.15) is 168 Å². The third-order valence-corrected chi connectivity index (χ3v) is 6.87. The number of unbranched alkanes of at least 4 members (excludes halogenated alkanes) is 20. The molecule has 0 aliphatic carbocycles. The first-order valence-electron chi connectivity index (χ1n) is 16.3. The van der Waals surface area contributed by atoms with Gasteiger partial charge in [0.15, 0.2) is 0 Å². The first-order chi connectivity index (χ1) is 19.3. The summed E-state index contributed by atoms with van der Waals surface area (Å²) in [5, 5.41) is 24.9. The van der Waals surface area contributed by atoms with Crippen LogP contribution in [0.2, 0.25) is 0 Å². The Balaban J connectivity index is -0.000000688. The Morgan fingerprint density at radius 3 is 0.854 bits per heavy atom. The van der Waals surface area contributed by atoms with Gasteiger partial charge in [0.2, 0.25) is 11.8 Å². The van der Waals surface area contributed by atoms with E-state index in [1.165, 1.54) is 116 Å². The van der Waals surface area contributed by atoms with Crippen LogP contribution < -0.4 is 20.8 Å². The standard InChI is InChI=1S/2C16H31NO3.Mg/c2*1-2-3-4-5-6-7-8-9-10-11-12-13-15(18)17-14-16(19)20;/h2*2-14H2,1H3,(H,17,18)(H,19,20);/q;;+2/p-2. The van der Waals surface area contributed by atoms with E-state index >= 15 is 0 Å². The van der Waals surface area contributed by atoms with Gasteiger partial charge < -0.3 is 30.4 Å². The van der Waals surface area contributed by atoms with Gasteiger partial charge in [-0.15, -0.1) is 0 Å². The molecule has 0 radical (unpaired) electrons. The van der Waals surface area contributed by atoms with Crippen LogP contribution in [-0.4, -0.2) is 59.9 Å². The maximum Gasteiger partial charge on any atom is 2.00 e. The van der Waals surface area contributed by atoms with E-state index < -0.39 is 11.9 Å². The molecule has 0 aromatic carbocycles. The van der Waals surface area contributed by atoms with E-state index in [0.29, 0.717) is 12.8 Å². The van der Waals surface area contributed by atoms with Crippen molar-refractivity contribution in [1.82, 2.24) is 10.6 Å². The van der Waals surface area contributed by atoms with Crippen molar-refractivity contribution in [3.05, 3.63) is 0 Å². The average molecular weight is 593 g/mol. The minimum atomic E-state index is -1.24. The summed E-state index contributed by atoms with van der Waals surface area (Å²) in [7, 11) is 0. The van der Waals surface area contributed by atoms with Crippen molar-refractivity contribution >= 4 is 46.8 Å². The van der Waals surface area contributed by atoms with Crippen LogP contribution in [0.3, 0.4) is 0 Å². The van der Waals surface area contributed by atoms with Crippen molar-refractivity contribution in [2.75, 3.05) is 13.1 Å². The fraction of sp³-hybridized carbons (Fsp3) is 0.875. The number of rotatable bonds is 28. The fourth-order valence-electron chi connectivity index (χ4n) is 4.42. The minimum absolute atomic E-state index is 0. The monoisotopic (exact) mass is 592 g/mol. The number of carboxylic acids is 2. The molecule has 0 aromatic rings. The molecule has 0 unspecified atom stereocenters. The summed E-state index contributed by atoms with van der Waals surface area (Å²) in [6, 6.07) is 0. The molecule has 236 valence electrons. The molecular weight excluding hydrogens is 533 g/mol. The predicted octanol–water partition coefficient (Wildman–Crippen LogP) is 4.73. The van der Waals surface area contributed by atoms with Gasteiger partial charge in [0.1, 0.15) is 0 Å². The molecule has 0 atom stereocenters. The van der Waals surface area contributed by atoms with Crippen LogP contribution in [0.4, 0.5) is 0 Å². The van der Waals surface area contributed by atoms with E-state index in [-0.39, 0.29) is 48.0 Å². The molecule has 0 fully saturated rings. The molecule has 2 amide bonds. The van der Waals surface area contributed by atoms with E-state index in [2.05, 4.69) is 24.5 Å². The molecule has 0 bridgehead atoms. The average Bonchev–Trinajstić information content (AvgIpc) is 2.92. The van der Waals surface area contributed by atoms with Crippen LogP contribution >= 0.6 is 0 Å². The van der Waals surface area contributed by atoms with Gasteiger partial charge in [-0.3, -0.25) is 9.59 Å². The number of hydrogen-bond donors (Lipinski definition) is 2. The van der Waals surface area contributed by atoms with E-state index in [4.69, 9.17) is 0 Å². The van der Waals surface area contributed by atoms with Gasteiger partial charge in [-0.05, 0) is 12.8 Å². The molecule has 9 heteroatoms. The third-order valence-electron chi connectivity index (χ3n) is 6.87. The van der Waals surface area contributed by atoms with Crippen LogP contribution in [0.5, 0.6) is 0 Å². The van der Waals surface area contributed by atoms with Gasteiger partial charge in [-0.1, -0.05) is 142 Å². The van der Waals surface area contributed by atoms with Crippen molar-refractivity contribution < 1.29 is 29.4 Å². The fourth-order valence-corrected chi connectivity index (χ4v) is 4.42. The number of carboxylic acid groups (broad SMARTS) is 2. The summed E-state index contributed by atoms with van der Waals surface area (Å²) < 4.78 is 0. The second-order valence-electron chi connectivity index (χ2n) is 10.9. The molecule has 0 saturated heterocycles. The van der Waals surface area contributed by atoms with E-state index in [1.54, 1.807) is 0 Å². The maximum atomic E-state index is 11.2. The Morgan fingerprint density at radius 2 is 0.634 bits per heavy atom. The summed E-state index contributed by atoms with van der Waals surface area (Å²) in [6.45, 7) is 3.71. The minimum Gasteiger partial charge on any atom is -0.548 e. The van der Waals surface area contributed by atoms with Gasteiger partial charge in [-0.2, -0.15) is 0 Å². The van der Waals surface area contributed by atoms with Crippen LogP contribution in [0, 0.1) is 0 Å². The molecular formula is C32H60MgN2O6. The number of carbonyl (C=O) groups excluding carboxylic acids is 4. The van der Waals surface area contributed by atoms with E-state index in [0.717, 1.165) is 25.7 Å². The Bertz CT molecular complexity index is 567. The number of carbonyl (C=O) groups is 4. The number of amides is 2. The Kier molecular flexibility index (Phi) is 39.4. The third kappa shape index (κ3) is 43.2. The van der Waals surface area contributed by atoms with Crippen LogP contribution in [0.25, 0.3) is 0 Å². The first kappa shape index (κ1) is 44.1. The quantitative estimate of drug-likeness (QED) is 0.0995. The largest absolute Gasteiger partial charge is 2.00 e. The molecule has 0 aliphatic rings. The molecule has 41 heavy (non-hydrogen) atoms. The van der Waals surface area contributed by atoms with Crippen molar-refractivity contribution in [2.24, 2.45) is 0 Å². The molecule has 2 N–H and O–H groups in total. The zero-order chi connectivity index (χ0) is 30.1. The topological polar surface area (TPSA) is 138 Å². The Hall–Kier alpha value is -1.35. The molecule has 8 nitrogen and oxygen atoms in total. The van der Waals surface area contributed by atoms with Gasteiger partial charge in [0.25, 0.3) is 0 Å². The summed E-state index contributed by atoms with van der Waals surface area (Å²) in [5.41, 5.74) is 0. The number of nitrogens with one attached hydrogen (secondary N) is 2. The summed E-state index contributed by atoms with van der Waals surface area (Å²) in [4.78, 5) is 42.7. The first-order valence-corrected chi connectivity index (χ1v) is 16.3. The maximum absolute atomic E-state index is 11.2. The zero-order valence-electron chi connectivity index (χ0n) is 26.5. The van der Waals surface area contributed by atoms with Crippen LogP contribution in [0.15, 0.2) is 0 Å². The second kappa shape index (κ2) is 36.7. The molecule has 0 spiro atoms. The van der Waals surface area contributed by atoms with Crippen LogP contribution in [-0.2, 0) is 19.2 Å². The summed E-state index contributed by atoms with van der Waals surface area (Å²) in [6.07, 6.45) is 28.2. The van der Waals surface area contributed by atoms with Crippen molar-refractivity contribution in [3.63, 3.8) is 0 Å². The van der Waals surface area contributed by atoms with Gasteiger partial charge >= 0.3 is 23.1 Å². The summed E-state index contributed by atoms with van der Waals surface area (Å²) >= 11 is 0. The van der Waals surface area contributed by atoms with Gasteiger partial charge in [0.05, 0.1) is 25.0 Å². The molecule has 0 aromatic heterocycles. The molecule has 0 rings (SSSR count). The normalized spacial score (nSPS) is 10.2. The number of aliphatic carboxylic acids is 2. The van der Waals surface area contributed by atoms with E-state index in [1.807, 2.05) is 0 Å². The van der Waals surface area contributed by atoms with Gasteiger partial charge in [0, 0.05) is 12.8 Å². The predicted molar refractivity (Wildman–Crippen MR) is 164 cm³/mol. The van der Waals surface area contributed by atoms with E-state index in [9.17, 15) is 29.4 Å². The Morgan fingerprint density at radius 1 is 0.415 bits per heavy atom. The van der Waals surface area contributed by atoms with Crippen molar-refractivity contribution in [3.8, 4) is 0 Å². The SMILES string of the molecule is CCCCCCCCCCCCCC(=O)NCC(=O)[O-].CCCCCCCCCCCCCC(=O)NCC(=O)[O-].[Mg+2].